The van der Waals surface area contributed by atoms with E-state index in [-0.39, 0.29) is 5.56 Å². The number of benzene rings is 2. The highest BCUT2D eigenvalue weighted by molar-refractivity contribution is 9.10. The third kappa shape index (κ3) is 3.91. The summed E-state index contributed by atoms with van der Waals surface area (Å²) >= 11 is 3.41. The molecule has 25 heavy (non-hydrogen) atoms. The van der Waals surface area contributed by atoms with E-state index in [1.54, 1.807) is 20.3 Å². The number of halogens is 1. The Labute approximate surface area is 154 Å². The van der Waals surface area contributed by atoms with Gasteiger partial charge >= 0.3 is 0 Å². The van der Waals surface area contributed by atoms with Gasteiger partial charge in [0.1, 0.15) is 0 Å². The first-order valence-electron chi connectivity index (χ1n) is 7.65. The lowest BCUT2D eigenvalue weighted by Crippen LogP contribution is -2.22. The molecule has 5 nitrogen and oxygen atoms in total. The van der Waals surface area contributed by atoms with Crippen molar-refractivity contribution >= 4 is 15.9 Å². The second-order valence-corrected chi connectivity index (χ2v) is 6.33. The number of hydrogen-bond donors (Lipinski definition) is 0. The molecular formula is C19H17BrN2O3. The monoisotopic (exact) mass is 400 g/mol. The average Bonchev–Trinajstić information content (AvgIpc) is 2.64. The normalized spacial score (nSPS) is 10.5. The van der Waals surface area contributed by atoms with Crippen LogP contribution in [0, 0.1) is 0 Å². The van der Waals surface area contributed by atoms with Crippen molar-refractivity contribution in [3.05, 3.63) is 75.0 Å². The van der Waals surface area contributed by atoms with Gasteiger partial charge in [-0.1, -0.05) is 28.1 Å². The fourth-order valence-corrected chi connectivity index (χ4v) is 2.74. The van der Waals surface area contributed by atoms with E-state index in [1.807, 2.05) is 42.5 Å². The molecule has 0 N–H and O–H groups in total. The lowest BCUT2D eigenvalue weighted by atomic mass is 10.1. The molecule has 1 heterocycles. The molecule has 1 aromatic heterocycles. The lowest BCUT2D eigenvalue weighted by Gasteiger charge is -2.11. The Morgan fingerprint density at radius 3 is 2.36 bits per heavy atom. The molecule has 0 spiro atoms. The Bertz CT molecular complexity index is 936. The summed E-state index contributed by atoms with van der Waals surface area (Å²) in [4.78, 5) is 12.1. The maximum Gasteiger partial charge on any atom is 0.267 e. The smallest absolute Gasteiger partial charge is 0.267 e. The first kappa shape index (κ1) is 17.2. The second kappa shape index (κ2) is 7.53. The molecule has 0 aliphatic carbocycles. The Hall–Kier alpha value is -2.60. The van der Waals surface area contributed by atoms with Gasteiger partial charge in [0.2, 0.25) is 0 Å². The van der Waals surface area contributed by atoms with E-state index in [0.717, 1.165) is 15.6 Å². The van der Waals surface area contributed by atoms with E-state index in [0.29, 0.717) is 23.7 Å². The van der Waals surface area contributed by atoms with Gasteiger partial charge in [-0.2, -0.15) is 5.10 Å². The molecule has 0 bridgehead atoms. The van der Waals surface area contributed by atoms with Gasteiger partial charge in [-0.3, -0.25) is 4.79 Å². The zero-order chi connectivity index (χ0) is 17.8. The van der Waals surface area contributed by atoms with Crippen LogP contribution in [0.3, 0.4) is 0 Å². The van der Waals surface area contributed by atoms with Gasteiger partial charge in [0.15, 0.2) is 11.5 Å². The Morgan fingerprint density at radius 2 is 1.68 bits per heavy atom. The van der Waals surface area contributed by atoms with E-state index in [1.165, 1.54) is 10.7 Å². The highest BCUT2D eigenvalue weighted by Gasteiger charge is 2.09. The number of hydrogen-bond acceptors (Lipinski definition) is 4. The van der Waals surface area contributed by atoms with E-state index in [2.05, 4.69) is 21.0 Å². The largest absolute Gasteiger partial charge is 0.493 e. The average molecular weight is 401 g/mol. The summed E-state index contributed by atoms with van der Waals surface area (Å²) in [6, 6.07) is 16.6. The van der Waals surface area contributed by atoms with E-state index < -0.39 is 0 Å². The summed E-state index contributed by atoms with van der Waals surface area (Å²) < 4.78 is 13.0. The zero-order valence-electron chi connectivity index (χ0n) is 13.9. The zero-order valence-corrected chi connectivity index (χ0v) is 15.5. The van der Waals surface area contributed by atoms with Crippen LogP contribution in [-0.4, -0.2) is 24.0 Å². The fraction of sp³-hybridized carbons (Fsp3) is 0.158. The molecule has 0 amide bonds. The van der Waals surface area contributed by atoms with Crippen LogP contribution in [-0.2, 0) is 6.54 Å². The lowest BCUT2D eigenvalue weighted by molar-refractivity contribution is 0.355. The number of methoxy groups -OCH3 is 2. The van der Waals surface area contributed by atoms with Gasteiger partial charge in [0.05, 0.1) is 26.5 Å². The minimum Gasteiger partial charge on any atom is -0.493 e. The van der Waals surface area contributed by atoms with Crippen LogP contribution < -0.4 is 15.0 Å². The summed E-state index contributed by atoms with van der Waals surface area (Å²) in [5.41, 5.74) is 2.40. The summed E-state index contributed by atoms with van der Waals surface area (Å²) in [7, 11) is 3.18. The molecule has 0 unspecified atom stereocenters. The first-order chi connectivity index (χ1) is 12.1. The maximum atomic E-state index is 12.1. The van der Waals surface area contributed by atoms with Gasteiger partial charge in [0, 0.05) is 16.1 Å². The van der Waals surface area contributed by atoms with Crippen LogP contribution in [0.4, 0.5) is 0 Å². The Balaban J connectivity index is 1.96. The van der Waals surface area contributed by atoms with Crippen molar-refractivity contribution in [1.29, 1.82) is 0 Å². The SMILES string of the molecule is COc1ccc(-c2ccc(=O)n(Cc3ccc(Br)cc3)n2)cc1OC. The summed E-state index contributed by atoms with van der Waals surface area (Å²) in [5.74, 6) is 1.27. The van der Waals surface area contributed by atoms with Crippen molar-refractivity contribution in [2.24, 2.45) is 0 Å². The van der Waals surface area contributed by atoms with Crippen LogP contribution in [0.15, 0.2) is 63.9 Å². The van der Waals surface area contributed by atoms with Crippen LogP contribution in [0.1, 0.15) is 5.56 Å². The number of rotatable bonds is 5. The molecule has 3 rings (SSSR count). The predicted octanol–water partition coefficient (Wildman–Crippen LogP) is 3.74. The van der Waals surface area contributed by atoms with Crippen molar-refractivity contribution in [2.45, 2.75) is 6.54 Å². The van der Waals surface area contributed by atoms with Crippen molar-refractivity contribution in [3.8, 4) is 22.8 Å². The van der Waals surface area contributed by atoms with Gasteiger partial charge in [-0.05, 0) is 42.0 Å². The van der Waals surface area contributed by atoms with E-state index >= 15 is 0 Å². The summed E-state index contributed by atoms with van der Waals surface area (Å²) in [5, 5.41) is 4.49. The van der Waals surface area contributed by atoms with Crippen molar-refractivity contribution < 1.29 is 9.47 Å². The molecule has 128 valence electrons. The van der Waals surface area contributed by atoms with Gasteiger partial charge in [0.25, 0.3) is 5.56 Å². The van der Waals surface area contributed by atoms with Crippen molar-refractivity contribution in [2.75, 3.05) is 14.2 Å². The number of aromatic nitrogens is 2. The minimum atomic E-state index is -0.146. The van der Waals surface area contributed by atoms with Crippen molar-refractivity contribution in [3.63, 3.8) is 0 Å². The number of ether oxygens (including phenoxy) is 2. The molecule has 6 heteroatoms. The van der Waals surface area contributed by atoms with Gasteiger partial charge < -0.3 is 9.47 Å². The van der Waals surface area contributed by atoms with Gasteiger partial charge in [-0.25, -0.2) is 4.68 Å². The fourth-order valence-electron chi connectivity index (χ4n) is 2.47. The molecule has 0 atom stereocenters. The molecule has 0 saturated heterocycles. The Morgan fingerprint density at radius 1 is 0.960 bits per heavy atom. The molecule has 3 aromatic rings. The third-order valence-electron chi connectivity index (χ3n) is 3.79. The third-order valence-corrected chi connectivity index (χ3v) is 4.32. The molecule has 0 fully saturated rings. The van der Waals surface area contributed by atoms with Crippen LogP contribution in [0.2, 0.25) is 0 Å². The van der Waals surface area contributed by atoms with E-state index in [9.17, 15) is 4.79 Å². The molecule has 0 radical (unpaired) electrons. The summed E-state index contributed by atoms with van der Waals surface area (Å²) in [6.45, 7) is 0.410. The standard InChI is InChI=1S/C19H17BrN2O3/c1-24-17-9-5-14(11-18(17)25-2)16-8-10-19(23)22(21-16)12-13-3-6-15(20)7-4-13/h3-11H,12H2,1-2H3. The highest BCUT2D eigenvalue weighted by Crippen LogP contribution is 2.31. The number of nitrogens with zero attached hydrogens (tertiary/aromatic N) is 2. The van der Waals surface area contributed by atoms with Crippen LogP contribution in [0.25, 0.3) is 11.3 Å². The minimum absolute atomic E-state index is 0.146. The highest BCUT2D eigenvalue weighted by atomic mass is 79.9. The van der Waals surface area contributed by atoms with Crippen molar-refractivity contribution in [1.82, 2.24) is 9.78 Å². The molecule has 0 saturated carbocycles. The second-order valence-electron chi connectivity index (χ2n) is 5.41. The van der Waals surface area contributed by atoms with E-state index in [4.69, 9.17) is 9.47 Å². The topological polar surface area (TPSA) is 53.4 Å². The predicted molar refractivity (Wildman–Crippen MR) is 100 cm³/mol. The van der Waals surface area contributed by atoms with Crippen LogP contribution >= 0.6 is 15.9 Å². The van der Waals surface area contributed by atoms with Crippen LogP contribution in [0.5, 0.6) is 11.5 Å². The quantitative estimate of drug-likeness (QED) is 0.654. The maximum absolute atomic E-state index is 12.1. The molecular weight excluding hydrogens is 384 g/mol. The molecule has 2 aromatic carbocycles. The summed E-state index contributed by atoms with van der Waals surface area (Å²) in [6.07, 6.45) is 0. The molecule has 0 aliphatic rings. The molecule has 0 aliphatic heterocycles. The van der Waals surface area contributed by atoms with Gasteiger partial charge in [-0.15, -0.1) is 0 Å². The first-order valence-corrected chi connectivity index (χ1v) is 8.45. The Kier molecular flexibility index (Phi) is 5.19.